The zero-order chi connectivity index (χ0) is 14.5. The average molecular weight is 294 g/mol. The maximum absolute atomic E-state index is 11.2. The van der Waals surface area contributed by atoms with Gasteiger partial charge in [0.1, 0.15) is 6.54 Å². The number of carboxylic acids is 1. The van der Waals surface area contributed by atoms with Gasteiger partial charge in [-0.25, -0.2) is 4.79 Å². The van der Waals surface area contributed by atoms with Crippen molar-refractivity contribution in [3.63, 3.8) is 0 Å². The first-order chi connectivity index (χ1) is 9.58. The molecular weight excluding hydrogens is 280 g/mol. The third-order valence-electron chi connectivity index (χ3n) is 2.59. The predicted octanol–water partition coefficient (Wildman–Crippen LogP) is 1.00. The van der Waals surface area contributed by atoms with E-state index in [0.717, 1.165) is 10.6 Å². The number of anilines is 1. The maximum atomic E-state index is 11.2. The Hall–Kier alpha value is -2.35. The summed E-state index contributed by atoms with van der Waals surface area (Å²) in [5.74, 6) is -1.05. The van der Waals surface area contributed by atoms with Gasteiger partial charge in [-0.2, -0.15) is 5.10 Å². The highest BCUT2D eigenvalue weighted by atomic mass is 32.1. The van der Waals surface area contributed by atoms with E-state index in [9.17, 15) is 9.59 Å². The number of carboxylic acid groups (broad SMARTS) is 1. The molecule has 1 amide bonds. The number of aromatic carboxylic acids is 1. The van der Waals surface area contributed by atoms with Crippen LogP contribution >= 0.6 is 11.3 Å². The van der Waals surface area contributed by atoms with Gasteiger partial charge in [0.25, 0.3) is 0 Å². The number of carbonyl (C=O) groups excluding carboxylic acids is 1. The molecule has 0 spiro atoms. The predicted molar refractivity (Wildman–Crippen MR) is 74.9 cm³/mol. The molecule has 106 valence electrons. The lowest BCUT2D eigenvalue weighted by Crippen LogP contribution is -2.23. The van der Waals surface area contributed by atoms with Crippen LogP contribution in [0.15, 0.2) is 23.8 Å². The van der Waals surface area contributed by atoms with Crippen LogP contribution in [0.25, 0.3) is 0 Å². The Kier molecular flexibility index (Phi) is 4.36. The second-order valence-corrected chi connectivity index (χ2v) is 5.06. The van der Waals surface area contributed by atoms with E-state index in [2.05, 4.69) is 15.7 Å². The van der Waals surface area contributed by atoms with E-state index >= 15 is 0 Å². The van der Waals surface area contributed by atoms with E-state index in [1.165, 1.54) is 16.0 Å². The lowest BCUT2D eigenvalue weighted by Gasteiger charge is -2.01. The van der Waals surface area contributed by atoms with Gasteiger partial charge in [0, 0.05) is 30.0 Å². The van der Waals surface area contributed by atoms with Crippen LogP contribution in [-0.2, 0) is 17.9 Å². The monoisotopic (exact) mass is 294 g/mol. The molecule has 2 aromatic rings. The van der Waals surface area contributed by atoms with Crippen molar-refractivity contribution < 1.29 is 14.7 Å². The van der Waals surface area contributed by atoms with Gasteiger partial charge in [-0.1, -0.05) is 0 Å². The number of likely N-dealkylation sites (N-methyl/N-ethyl adjacent to an activating group) is 1. The number of nitrogens with zero attached hydrogens (tertiary/aromatic N) is 2. The number of amides is 1. The van der Waals surface area contributed by atoms with Crippen LogP contribution in [0.4, 0.5) is 5.69 Å². The quantitative estimate of drug-likeness (QED) is 0.738. The molecule has 0 saturated carbocycles. The van der Waals surface area contributed by atoms with Crippen LogP contribution < -0.4 is 10.6 Å². The van der Waals surface area contributed by atoms with E-state index in [4.69, 9.17) is 5.11 Å². The Labute approximate surface area is 119 Å². The highest BCUT2D eigenvalue weighted by Gasteiger charge is 2.07. The third-order valence-corrected chi connectivity index (χ3v) is 3.52. The van der Waals surface area contributed by atoms with E-state index in [0.29, 0.717) is 12.1 Å². The molecular formula is C12H14N4O3S. The van der Waals surface area contributed by atoms with Gasteiger partial charge >= 0.3 is 5.97 Å². The largest absolute Gasteiger partial charge is 0.478 e. The van der Waals surface area contributed by atoms with Crippen molar-refractivity contribution in [3.8, 4) is 0 Å². The molecule has 2 heterocycles. The third kappa shape index (κ3) is 3.58. The molecule has 0 fully saturated rings. The smallest absolute Gasteiger partial charge is 0.336 e. The van der Waals surface area contributed by atoms with Crippen LogP contribution in [0.3, 0.4) is 0 Å². The lowest BCUT2D eigenvalue weighted by molar-refractivity contribution is -0.121. The van der Waals surface area contributed by atoms with Crippen molar-refractivity contribution >= 4 is 28.9 Å². The summed E-state index contributed by atoms with van der Waals surface area (Å²) < 4.78 is 1.53. The van der Waals surface area contributed by atoms with Gasteiger partial charge < -0.3 is 15.7 Å². The van der Waals surface area contributed by atoms with E-state index in [1.54, 1.807) is 30.9 Å². The summed E-state index contributed by atoms with van der Waals surface area (Å²) in [5.41, 5.74) is 1.07. The molecule has 0 aliphatic carbocycles. The number of hydrogen-bond donors (Lipinski definition) is 3. The SMILES string of the molecule is CNC(=O)Cn1cc(NCc2cc(C(=O)O)cs2)cn1. The molecule has 0 radical (unpaired) electrons. The zero-order valence-electron chi connectivity index (χ0n) is 10.8. The number of hydrogen-bond acceptors (Lipinski definition) is 5. The topological polar surface area (TPSA) is 96.2 Å². The minimum absolute atomic E-state index is 0.121. The number of nitrogens with one attached hydrogen (secondary N) is 2. The minimum Gasteiger partial charge on any atom is -0.478 e. The molecule has 8 heteroatoms. The summed E-state index contributed by atoms with van der Waals surface area (Å²) in [6.07, 6.45) is 3.34. The van der Waals surface area contributed by atoms with Crippen molar-refractivity contribution in [2.24, 2.45) is 0 Å². The molecule has 0 unspecified atom stereocenters. The van der Waals surface area contributed by atoms with Gasteiger partial charge in [0.2, 0.25) is 5.91 Å². The molecule has 7 nitrogen and oxygen atoms in total. The Bertz CT molecular complexity index is 620. The van der Waals surface area contributed by atoms with Crippen molar-refractivity contribution in [2.75, 3.05) is 12.4 Å². The van der Waals surface area contributed by atoms with E-state index in [-0.39, 0.29) is 12.5 Å². The Morgan fingerprint density at radius 1 is 1.50 bits per heavy atom. The van der Waals surface area contributed by atoms with E-state index < -0.39 is 5.97 Å². The number of thiophene rings is 1. The first-order valence-corrected chi connectivity index (χ1v) is 6.74. The van der Waals surface area contributed by atoms with Crippen LogP contribution in [0.1, 0.15) is 15.2 Å². The number of rotatable bonds is 6. The van der Waals surface area contributed by atoms with E-state index in [1.807, 2.05) is 0 Å². The second-order valence-electron chi connectivity index (χ2n) is 4.06. The lowest BCUT2D eigenvalue weighted by atomic mass is 10.3. The molecule has 0 bridgehead atoms. The molecule has 0 atom stereocenters. The van der Waals surface area contributed by atoms with Crippen molar-refractivity contribution in [1.82, 2.24) is 15.1 Å². The second kappa shape index (κ2) is 6.20. The summed E-state index contributed by atoms with van der Waals surface area (Å²) in [4.78, 5) is 22.9. The summed E-state index contributed by atoms with van der Waals surface area (Å²) in [6.45, 7) is 0.684. The van der Waals surface area contributed by atoms with Crippen LogP contribution in [0.5, 0.6) is 0 Å². The normalized spacial score (nSPS) is 10.2. The van der Waals surface area contributed by atoms with Gasteiger partial charge in [0.15, 0.2) is 0 Å². The van der Waals surface area contributed by atoms with Crippen molar-refractivity contribution in [3.05, 3.63) is 34.3 Å². The molecule has 3 N–H and O–H groups in total. The molecule has 2 rings (SSSR count). The minimum atomic E-state index is -0.925. The summed E-state index contributed by atoms with van der Waals surface area (Å²) >= 11 is 1.38. The highest BCUT2D eigenvalue weighted by molar-refractivity contribution is 7.10. The Balaban J connectivity index is 1.90. The summed E-state index contributed by atoms with van der Waals surface area (Å²) in [6, 6.07) is 1.63. The highest BCUT2D eigenvalue weighted by Crippen LogP contribution is 2.16. The first kappa shape index (κ1) is 14.1. The van der Waals surface area contributed by atoms with Crippen LogP contribution in [-0.4, -0.2) is 33.8 Å². The van der Waals surface area contributed by atoms with Crippen molar-refractivity contribution in [2.45, 2.75) is 13.1 Å². The zero-order valence-corrected chi connectivity index (χ0v) is 11.6. The molecule has 0 aliphatic heterocycles. The fraction of sp³-hybridized carbons (Fsp3) is 0.250. The Morgan fingerprint density at radius 2 is 2.30 bits per heavy atom. The first-order valence-electron chi connectivity index (χ1n) is 5.86. The van der Waals surface area contributed by atoms with Crippen LogP contribution in [0, 0.1) is 0 Å². The fourth-order valence-electron chi connectivity index (χ4n) is 1.54. The molecule has 0 aromatic carbocycles. The summed E-state index contributed by atoms with van der Waals surface area (Å²) in [7, 11) is 1.57. The molecule has 0 aliphatic rings. The fourth-order valence-corrected chi connectivity index (χ4v) is 2.34. The Morgan fingerprint density at radius 3 is 2.95 bits per heavy atom. The van der Waals surface area contributed by atoms with Gasteiger partial charge in [-0.15, -0.1) is 11.3 Å². The van der Waals surface area contributed by atoms with Gasteiger partial charge in [-0.05, 0) is 6.07 Å². The average Bonchev–Trinajstić information content (AvgIpc) is 3.05. The van der Waals surface area contributed by atoms with Crippen LogP contribution in [0.2, 0.25) is 0 Å². The molecule has 0 saturated heterocycles. The number of aromatic nitrogens is 2. The van der Waals surface area contributed by atoms with Gasteiger partial charge in [-0.3, -0.25) is 9.48 Å². The molecule has 2 aromatic heterocycles. The standard InChI is InChI=1S/C12H14N4O3S/c1-13-11(17)6-16-5-9(3-15-16)14-4-10-2-8(7-20-10)12(18)19/h2-3,5,7,14H,4,6H2,1H3,(H,13,17)(H,18,19). The van der Waals surface area contributed by atoms with Crippen molar-refractivity contribution in [1.29, 1.82) is 0 Å². The summed E-state index contributed by atoms with van der Waals surface area (Å²) in [5, 5.41) is 20.1. The molecule has 20 heavy (non-hydrogen) atoms. The maximum Gasteiger partial charge on any atom is 0.336 e. The number of carbonyl (C=O) groups is 2. The van der Waals surface area contributed by atoms with Gasteiger partial charge in [0.05, 0.1) is 17.4 Å².